The number of nitrogens with one attached hydrogen (secondary N) is 2. The van der Waals surface area contributed by atoms with Crippen molar-refractivity contribution >= 4 is 52.7 Å². The summed E-state index contributed by atoms with van der Waals surface area (Å²) in [5, 5.41) is 21.5. The number of hydrogen-bond acceptors (Lipinski definition) is 9. The maximum Gasteiger partial charge on any atom is 0.352 e. The molecule has 4 rings (SSSR count). The lowest BCUT2D eigenvalue weighted by Crippen LogP contribution is -2.67. The number of aromatic nitrogens is 4. The molecule has 2 aliphatic heterocycles. The van der Waals surface area contributed by atoms with Crippen LogP contribution in [0.1, 0.15) is 16.4 Å². The maximum atomic E-state index is 12.7. The molecule has 0 saturated carbocycles. The number of fused-ring (bicyclic) bond motifs is 1. The number of carboxylic acids is 1. The summed E-state index contributed by atoms with van der Waals surface area (Å²) in [7, 11) is 0. The zero-order valence-corrected chi connectivity index (χ0v) is 17.8. The predicted octanol–water partition coefficient (Wildman–Crippen LogP) is 2.01. The number of aryl methyl sites for hydroxylation is 3. The van der Waals surface area contributed by atoms with E-state index >= 15 is 0 Å². The second-order valence-electron chi connectivity index (χ2n) is 6.46. The van der Waals surface area contributed by atoms with Crippen molar-refractivity contribution in [3.8, 4) is 0 Å². The molecule has 9 nitrogen and oxygen atoms in total. The number of thioether (sulfide) groups is 2. The van der Waals surface area contributed by atoms with Crippen molar-refractivity contribution in [3.63, 3.8) is 0 Å². The molecule has 0 spiro atoms. The van der Waals surface area contributed by atoms with Gasteiger partial charge in [0.15, 0.2) is 4.34 Å². The third-order valence-electron chi connectivity index (χ3n) is 4.55. The van der Waals surface area contributed by atoms with Crippen LogP contribution in [0.25, 0.3) is 0 Å². The van der Waals surface area contributed by atoms with Gasteiger partial charge in [0, 0.05) is 17.2 Å². The van der Waals surface area contributed by atoms with E-state index in [1.54, 1.807) is 11.8 Å². The Balaban J connectivity index is 1.50. The number of aliphatic carboxylic acids is 1. The van der Waals surface area contributed by atoms with Crippen LogP contribution in [0.3, 0.4) is 0 Å². The van der Waals surface area contributed by atoms with Crippen LogP contribution in [0, 0.1) is 20.8 Å². The van der Waals surface area contributed by atoms with Crippen LogP contribution >= 0.6 is 34.9 Å². The molecule has 2 aromatic heterocycles. The Morgan fingerprint density at radius 1 is 1.39 bits per heavy atom. The topological polar surface area (TPSA) is 124 Å². The summed E-state index contributed by atoms with van der Waals surface area (Å²) < 4.78 is 0.792. The third-order valence-corrected chi connectivity index (χ3v) is 7.95. The fourth-order valence-corrected chi connectivity index (χ4v) is 6.34. The normalized spacial score (nSPS) is 21.5. The molecule has 4 heterocycles. The number of carbonyl (C=O) groups excluding carboxylic acids is 1. The van der Waals surface area contributed by atoms with Gasteiger partial charge in [-0.25, -0.2) is 9.78 Å². The molecule has 3 N–H and O–H groups in total. The number of amides is 1. The van der Waals surface area contributed by atoms with Gasteiger partial charge < -0.3 is 15.4 Å². The number of H-pyrrole nitrogens is 1. The van der Waals surface area contributed by atoms with Crippen molar-refractivity contribution in [1.29, 1.82) is 0 Å². The van der Waals surface area contributed by atoms with Crippen LogP contribution in [0.15, 0.2) is 15.6 Å². The van der Waals surface area contributed by atoms with Gasteiger partial charge in [-0.15, -0.1) is 22.0 Å². The number of rotatable bonds is 6. The van der Waals surface area contributed by atoms with Gasteiger partial charge in [-0.05, 0) is 26.3 Å². The van der Waals surface area contributed by atoms with Crippen molar-refractivity contribution in [1.82, 2.24) is 25.1 Å². The first-order valence-corrected chi connectivity index (χ1v) is 11.3. The van der Waals surface area contributed by atoms with Crippen molar-refractivity contribution in [2.24, 2.45) is 0 Å². The summed E-state index contributed by atoms with van der Waals surface area (Å²) in [5.74, 6) is 0.216. The summed E-state index contributed by atoms with van der Waals surface area (Å²) in [6.45, 7) is 5.67. The minimum atomic E-state index is -1.08. The molecule has 0 bridgehead atoms. The minimum Gasteiger partial charge on any atom is -0.477 e. The Morgan fingerprint density at radius 3 is 2.79 bits per heavy atom. The van der Waals surface area contributed by atoms with Crippen molar-refractivity contribution in [2.45, 2.75) is 36.5 Å². The highest BCUT2D eigenvalue weighted by Gasteiger charge is 2.53. The Morgan fingerprint density at radius 2 is 2.18 bits per heavy atom. The van der Waals surface area contributed by atoms with Crippen LogP contribution in [-0.2, 0) is 9.59 Å². The molecule has 2 atom stereocenters. The number of hydrogen-bond donors (Lipinski definition) is 3. The van der Waals surface area contributed by atoms with Crippen LogP contribution in [0.4, 0.5) is 5.95 Å². The van der Waals surface area contributed by atoms with Gasteiger partial charge in [0.05, 0.1) is 5.69 Å². The molecule has 0 aromatic carbocycles. The smallest absolute Gasteiger partial charge is 0.352 e. The van der Waals surface area contributed by atoms with Crippen LogP contribution in [0.5, 0.6) is 0 Å². The summed E-state index contributed by atoms with van der Waals surface area (Å²) in [6.07, 6.45) is 0. The van der Waals surface area contributed by atoms with Gasteiger partial charge in [-0.1, -0.05) is 23.1 Å². The Bertz CT molecular complexity index is 965. The number of aromatic amines is 1. The highest BCUT2D eigenvalue weighted by molar-refractivity contribution is 8.01. The maximum absolute atomic E-state index is 12.7. The largest absolute Gasteiger partial charge is 0.477 e. The van der Waals surface area contributed by atoms with Gasteiger partial charge in [0.25, 0.3) is 5.91 Å². The predicted molar refractivity (Wildman–Crippen MR) is 109 cm³/mol. The number of anilines is 1. The van der Waals surface area contributed by atoms with E-state index < -0.39 is 12.0 Å². The number of carboxylic acid groups (broad SMARTS) is 1. The van der Waals surface area contributed by atoms with E-state index in [1.807, 2.05) is 20.8 Å². The highest BCUT2D eigenvalue weighted by Crippen LogP contribution is 2.42. The monoisotopic (exact) mass is 438 g/mol. The van der Waals surface area contributed by atoms with Crippen molar-refractivity contribution in [3.05, 3.63) is 27.7 Å². The van der Waals surface area contributed by atoms with Gasteiger partial charge in [0.1, 0.15) is 22.1 Å². The average Bonchev–Trinajstić information content (AvgIpc) is 3.21. The van der Waals surface area contributed by atoms with E-state index in [9.17, 15) is 14.7 Å². The van der Waals surface area contributed by atoms with E-state index in [0.717, 1.165) is 26.3 Å². The number of β-lactam (4-membered cyclic amide) rings is 1. The Labute approximate surface area is 173 Å². The number of imidazole rings is 1. The standard InChI is InChI=1S/C16H18N6O3S3/c1-6-7(2)18-15(17-6)19-10-12(23)22-11(14(24)25)9(4-26-13(10)22)5-27-16-21-20-8(3)28-16/h10,13H,4-5H2,1-3H3,(H,24,25)(H2,17,18,19)/t10?,13-/m0/s1. The summed E-state index contributed by atoms with van der Waals surface area (Å²) in [5.41, 5.74) is 2.61. The molecule has 2 aromatic rings. The lowest BCUT2D eigenvalue weighted by molar-refractivity contribution is -0.147. The first-order valence-electron chi connectivity index (χ1n) is 8.47. The molecule has 2 aliphatic rings. The number of nitrogens with zero attached hydrogens (tertiary/aromatic N) is 4. The van der Waals surface area contributed by atoms with E-state index in [1.165, 1.54) is 28.0 Å². The van der Waals surface area contributed by atoms with E-state index in [-0.39, 0.29) is 17.0 Å². The second-order valence-corrected chi connectivity index (χ2v) is 9.97. The summed E-state index contributed by atoms with van der Waals surface area (Å²) in [4.78, 5) is 33.4. The lowest BCUT2D eigenvalue weighted by atomic mass is 10.0. The molecule has 1 fully saturated rings. The van der Waals surface area contributed by atoms with E-state index in [0.29, 0.717) is 17.5 Å². The van der Waals surface area contributed by atoms with Crippen molar-refractivity contribution < 1.29 is 14.7 Å². The minimum absolute atomic E-state index is 0.0901. The van der Waals surface area contributed by atoms with E-state index in [4.69, 9.17) is 0 Å². The van der Waals surface area contributed by atoms with E-state index in [2.05, 4.69) is 25.5 Å². The third kappa shape index (κ3) is 3.40. The quantitative estimate of drug-likeness (QED) is 0.459. The fraction of sp³-hybridized carbons (Fsp3) is 0.438. The molecule has 0 aliphatic carbocycles. The van der Waals surface area contributed by atoms with Crippen LogP contribution in [-0.4, -0.2) is 65.0 Å². The van der Waals surface area contributed by atoms with Crippen LogP contribution in [0.2, 0.25) is 0 Å². The van der Waals surface area contributed by atoms with Gasteiger partial charge in [-0.3, -0.25) is 9.69 Å². The zero-order chi connectivity index (χ0) is 20.0. The molecular formula is C16H18N6O3S3. The Kier molecular flexibility index (Phi) is 5.10. The fourth-order valence-electron chi connectivity index (χ4n) is 3.04. The second kappa shape index (κ2) is 7.41. The number of carbonyl (C=O) groups is 2. The van der Waals surface area contributed by atoms with Gasteiger partial charge in [0.2, 0.25) is 5.95 Å². The molecule has 28 heavy (non-hydrogen) atoms. The van der Waals surface area contributed by atoms with Crippen LogP contribution < -0.4 is 5.32 Å². The first kappa shape index (κ1) is 19.3. The SMILES string of the molecule is Cc1nnc(SCC2=C(C(=O)O)N3C(=O)C(Nc4nc(C)c(C)[nH]4)[C@@H]3SC2)s1. The summed E-state index contributed by atoms with van der Waals surface area (Å²) >= 11 is 4.48. The Hall–Kier alpha value is -2.05. The molecule has 1 amide bonds. The molecular weight excluding hydrogens is 420 g/mol. The van der Waals surface area contributed by atoms with Gasteiger partial charge in [-0.2, -0.15) is 0 Å². The molecule has 12 heteroatoms. The highest BCUT2D eigenvalue weighted by atomic mass is 32.2. The molecule has 1 saturated heterocycles. The zero-order valence-electron chi connectivity index (χ0n) is 15.3. The lowest BCUT2D eigenvalue weighted by Gasteiger charge is -2.49. The molecule has 0 radical (unpaired) electrons. The summed E-state index contributed by atoms with van der Waals surface area (Å²) in [6, 6.07) is -0.496. The first-order chi connectivity index (χ1) is 13.3. The molecule has 148 valence electrons. The molecule has 1 unspecified atom stereocenters. The van der Waals surface area contributed by atoms with Gasteiger partial charge >= 0.3 is 5.97 Å². The van der Waals surface area contributed by atoms with Crippen molar-refractivity contribution in [2.75, 3.05) is 16.8 Å². The average molecular weight is 439 g/mol.